The van der Waals surface area contributed by atoms with Crippen LogP contribution in [0.15, 0.2) is 22.7 Å². The van der Waals surface area contributed by atoms with Gasteiger partial charge >= 0.3 is 0 Å². The van der Waals surface area contributed by atoms with Crippen LogP contribution in [0.1, 0.15) is 18.9 Å². The minimum absolute atomic E-state index is 0.0405. The van der Waals surface area contributed by atoms with Crippen molar-refractivity contribution in [1.29, 1.82) is 0 Å². The van der Waals surface area contributed by atoms with Crippen molar-refractivity contribution in [2.75, 3.05) is 18.1 Å². The Balaban J connectivity index is 2.43. The summed E-state index contributed by atoms with van der Waals surface area (Å²) in [6, 6.07) is 5.96. The van der Waals surface area contributed by atoms with Crippen molar-refractivity contribution < 1.29 is 9.53 Å². The molecule has 2 rings (SSSR count). The molecule has 0 bridgehead atoms. The van der Waals surface area contributed by atoms with Gasteiger partial charge in [0.05, 0.1) is 12.3 Å². The highest BCUT2D eigenvalue weighted by Gasteiger charge is 2.21. The van der Waals surface area contributed by atoms with E-state index in [4.69, 9.17) is 4.74 Å². The van der Waals surface area contributed by atoms with E-state index in [1.165, 1.54) is 0 Å². The van der Waals surface area contributed by atoms with Gasteiger partial charge < -0.3 is 9.64 Å². The maximum Gasteiger partial charge on any atom is 0.252 e. The van der Waals surface area contributed by atoms with E-state index < -0.39 is 0 Å². The molecule has 0 atom stereocenters. The summed E-state index contributed by atoms with van der Waals surface area (Å²) in [6.07, 6.45) is 0.942. The quantitative estimate of drug-likeness (QED) is 0.835. The summed E-state index contributed by atoms with van der Waals surface area (Å²) in [4.78, 5) is 13.7. The number of nitrogens with zero attached hydrogens (tertiary/aromatic N) is 1. The predicted molar refractivity (Wildman–Crippen MR) is 66.4 cm³/mol. The van der Waals surface area contributed by atoms with Crippen molar-refractivity contribution in [3.05, 3.63) is 28.2 Å². The Morgan fingerprint density at radius 2 is 2.25 bits per heavy atom. The summed E-state index contributed by atoms with van der Waals surface area (Å²) < 4.78 is 6.33. The van der Waals surface area contributed by atoms with Crippen molar-refractivity contribution in [2.45, 2.75) is 20.0 Å². The molecule has 0 fully saturated rings. The number of hydrogen-bond donors (Lipinski definition) is 0. The molecule has 0 saturated carbocycles. The molecule has 1 aliphatic rings. The second kappa shape index (κ2) is 4.97. The molecule has 0 unspecified atom stereocenters. The first kappa shape index (κ1) is 11.6. The molecular formula is C12H14BrNO2. The van der Waals surface area contributed by atoms with Crippen molar-refractivity contribution in [3.8, 4) is 0 Å². The van der Waals surface area contributed by atoms with E-state index in [-0.39, 0.29) is 12.5 Å². The molecule has 1 aromatic rings. The fourth-order valence-electron chi connectivity index (χ4n) is 1.84. The van der Waals surface area contributed by atoms with Gasteiger partial charge in [-0.3, -0.25) is 4.79 Å². The molecule has 1 aromatic carbocycles. The number of rotatable bonds is 2. The summed E-state index contributed by atoms with van der Waals surface area (Å²) in [6.45, 7) is 3.49. The average molecular weight is 284 g/mol. The lowest BCUT2D eigenvalue weighted by Crippen LogP contribution is -2.33. The van der Waals surface area contributed by atoms with Gasteiger partial charge in [-0.2, -0.15) is 0 Å². The lowest BCUT2D eigenvalue weighted by molar-refractivity contribution is -0.123. The zero-order valence-corrected chi connectivity index (χ0v) is 10.8. The van der Waals surface area contributed by atoms with E-state index in [1.54, 1.807) is 0 Å². The first-order valence-electron chi connectivity index (χ1n) is 5.39. The van der Waals surface area contributed by atoms with Crippen LogP contribution >= 0.6 is 15.9 Å². The minimum Gasteiger partial charge on any atom is -0.367 e. The number of fused-ring (bicyclic) bond motifs is 1. The zero-order valence-electron chi connectivity index (χ0n) is 9.20. The van der Waals surface area contributed by atoms with Gasteiger partial charge in [-0.15, -0.1) is 0 Å². The van der Waals surface area contributed by atoms with Crippen LogP contribution in [0.25, 0.3) is 0 Å². The van der Waals surface area contributed by atoms with Gasteiger partial charge in [0.2, 0.25) is 0 Å². The van der Waals surface area contributed by atoms with Crippen molar-refractivity contribution in [2.24, 2.45) is 0 Å². The molecule has 3 nitrogen and oxygen atoms in total. The molecule has 1 amide bonds. The molecule has 0 N–H and O–H groups in total. The highest BCUT2D eigenvalue weighted by molar-refractivity contribution is 9.10. The summed E-state index contributed by atoms with van der Waals surface area (Å²) in [5.41, 5.74) is 2.04. The van der Waals surface area contributed by atoms with E-state index in [9.17, 15) is 4.79 Å². The van der Waals surface area contributed by atoms with E-state index in [2.05, 4.69) is 22.9 Å². The van der Waals surface area contributed by atoms with Gasteiger partial charge in [0.15, 0.2) is 0 Å². The predicted octanol–water partition coefficient (Wildman–Crippen LogP) is 2.72. The molecule has 0 aromatic heterocycles. The van der Waals surface area contributed by atoms with Crippen molar-refractivity contribution in [1.82, 2.24) is 0 Å². The fraction of sp³-hybridized carbons (Fsp3) is 0.417. The number of ether oxygens (including phenoxy) is 1. The van der Waals surface area contributed by atoms with Gasteiger partial charge in [0, 0.05) is 16.6 Å². The molecule has 0 aliphatic carbocycles. The third-order valence-electron chi connectivity index (χ3n) is 2.57. The standard InChI is InChI=1S/C12H14BrNO2/c1-2-5-14-11-6-10(13)4-3-9(11)7-16-8-12(14)15/h3-4,6H,2,5,7-8H2,1H3. The Hall–Kier alpha value is -0.870. The third kappa shape index (κ3) is 2.28. The lowest BCUT2D eigenvalue weighted by atomic mass is 10.1. The second-order valence-electron chi connectivity index (χ2n) is 3.81. The van der Waals surface area contributed by atoms with E-state index in [1.807, 2.05) is 23.1 Å². The zero-order chi connectivity index (χ0) is 11.5. The molecule has 86 valence electrons. The SMILES string of the molecule is CCCN1C(=O)COCc2ccc(Br)cc21. The summed E-state index contributed by atoms with van der Waals surface area (Å²) >= 11 is 3.44. The number of halogens is 1. The van der Waals surface area contributed by atoms with Crippen LogP contribution in [-0.2, 0) is 16.1 Å². The maximum atomic E-state index is 11.9. The summed E-state index contributed by atoms with van der Waals surface area (Å²) in [5, 5.41) is 0. The van der Waals surface area contributed by atoms with E-state index >= 15 is 0 Å². The van der Waals surface area contributed by atoms with Crippen molar-refractivity contribution >= 4 is 27.5 Å². The van der Waals surface area contributed by atoms with Gasteiger partial charge in [-0.05, 0) is 18.6 Å². The lowest BCUT2D eigenvalue weighted by Gasteiger charge is -2.21. The Morgan fingerprint density at radius 3 is 3.00 bits per heavy atom. The van der Waals surface area contributed by atoms with Gasteiger partial charge in [-0.1, -0.05) is 28.9 Å². The Kier molecular flexibility index (Phi) is 3.61. The largest absolute Gasteiger partial charge is 0.367 e. The number of amides is 1. The smallest absolute Gasteiger partial charge is 0.252 e. The van der Waals surface area contributed by atoms with Crippen LogP contribution in [0, 0.1) is 0 Å². The summed E-state index contributed by atoms with van der Waals surface area (Å²) in [7, 11) is 0. The number of anilines is 1. The van der Waals surface area contributed by atoms with Crippen LogP contribution in [-0.4, -0.2) is 19.1 Å². The molecule has 1 heterocycles. The van der Waals surface area contributed by atoms with Crippen LogP contribution in [0.3, 0.4) is 0 Å². The number of carbonyl (C=O) groups is 1. The molecule has 16 heavy (non-hydrogen) atoms. The molecule has 0 saturated heterocycles. The fourth-order valence-corrected chi connectivity index (χ4v) is 2.19. The second-order valence-corrected chi connectivity index (χ2v) is 4.73. The van der Waals surface area contributed by atoms with E-state index in [0.29, 0.717) is 6.61 Å². The topological polar surface area (TPSA) is 29.5 Å². The highest BCUT2D eigenvalue weighted by Crippen LogP contribution is 2.28. The Bertz CT molecular complexity index is 406. The highest BCUT2D eigenvalue weighted by atomic mass is 79.9. The monoisotopic (exact) mass is 283 g/mol. The maximum absolute atomic E-state index is 11.9. The number of hydrogen-bond acceptors (Lipinski definition) is 2. The van der Waals surface area contributed by atoms with E-state index in [0.717, 1.165) is 28.7 Å². The molecule has 0 spiro atoms. The average Bonchev–Trinajstić information content (AvgIpc) is 2.41. The molecule has 0 radical (unpaired) electrons. The summed E-state index contributed by atoms with van der Waals surface area (Å²) in [5.74, 6) is 0.0405. The van der Waals surface area contributed by atoms with Crippen LogP contribution in [0.5, 0.6) is 0 Å². The Labute approximate surface area is 104 Å². The van der Waals surface area contributed by atoms with Crippen LogP contribution in [0.2, 0.25) is 0 Å². The molecule has 1 aliphatic heterocycles. The van der Waals surface area contributed by atoms with Crippen molar-refractivity contribution in [3.63, 3.8) is 0 Å². The normalized spacial score (nSPS) is 15.9. The van der Waals surface area contributed by atoms with Crippen LogP contribution < -0.4 is 4.90 Å². The molecular weight excluding hydrogens is 270 g/mol. The van der Waals surface area contributed by atoms with Gasteiger partial charge in [0.1, 0.15) is 6.61 Å². The first-order chi connectivity index (χ1) is 7.72. The minimum atomic E-state index is 0.0405. The number of benzene rings is 1. The van der Waals surface area contributed by atoms with Crippen LogP contribution in [0.4, 0.5) is 5.69 Å². The van der Waals surface area contributed by atoms with Gasteiger partial charge in [-0.25, -0.2) is 0 Å². The Morgan fingerprint density at radius 1 is 1.44 bits per heavy atom. The van der Waals surface area contributed by atoms with Gasteiger partial charge in [0.25, 0.3) is 5.91 Å². The first-order valence-corrected chi connectivity index (χ1v) is 6.18. The third-order valence-corrected chi connectivity index (χ3v) is 3.06. The number of carbonyl (C=O) groups excluding carboxylic acids is 1. The molecule has 4 heteroatoms.